The predicted molar refractivity (Wildman–Crippen MR) is 124 cm³/mol. The van der Waals surface area contributed by atoms with Crippen molar-refractivity contribution in [2.75, 3.05) is 26.9 Å². The molecule has 0 saturated carbocycles. The van der Waals surface area contributed by atoms with Crippen molar-refractivity contribution in [2.24, 2.45) is 0 Å². The average Bonchev–Trinajstić information content (AvgIpc) is 3.13. The van der Waals surface area contributed by atoms with Gasteiger partial charge in [-0.05, 0) is 49.8 Å². The second-order valence-corrected chi connectivity index (χ2v) is 8.23. The Morgan fingerprint density at radius 2 is 1.94 bits per heavy atom. The van der Waals surface area contributed by atoms with Gasteiger partial charge in [0.25, 0.3) is 0 Å². The van der Waals surface area contributed by atoms with E-state index in [0.717, 1.165) is 49.7 Å². The number of hydrogen-bond acceptors (Lipinski definition) is 5. The first-order valence-electron chi connectivity index (χ1n) is 11.8. The van der Waals surface area contributed by atoms with Crippen LogP contribution in [-0.4, -0.2) is 55.5 Å². The van der Waals surface area contributed by atoms with Gasteiger partial charge in [0.05, 0.1) is 19.3 Å². The maximum absolute atomic E-state index is 12.5. The van der Waals surface area contributed by atoms with E-state index in [-0.39, 0.29) is 23.7 Å². The highest BCUT2D eigenvalue weighted by Crippen LogP contribution is 2.21. The third-order valence-corrected chi connectivity index (χ3v) is 5.68. The van der Waals surface area contributed by atoms with E-state index in [1.807, 2.05) is 36.1 Å². The summed E-state index contributed by atoms with van der Waals surface area (Å²) in [6, 6.07) is 8.04. The fraction of sp³-hybridized carbons (Fsp3) is 0.577. The molecule has 1 aliphatic heterocycles. The van der Waals surface area contributed by atoms with Crippen LogP contribution in [0.1, 0.15) is 63.0 Å². The molecule has 6 nitrogen and oxygen atoms in total. The molecule has 0 aliphatic carbocycles. The maximum atomic E-state index is 12.5. The standard InChI is InChI=1S/C26H37NO5/c1-3-32-26(30)11-6-4-5-7-17-27-23(13-15-25(27)29)12-14-24(28)20-22-10-8-9-21(19-22)16-18-31-2/h8-10,12,14,19,23H,3-7,11,13,15-18,20H2,1-2H3/b14-12+. The smallest absolute Gasteiger partial charge is 0.305 e. The molecule has 1 aromatic rings. The second kappa shape index (κ2) is 14.6. The third-order valence-electron chi connectivity index (χ3n) is 5.68. The van der Waals surface area contributed by atoms with Gasteiger partial charge in [0.15, 0.2) is 5.78 Å². The summed E-state index contributed by atoms with van der Waals surface area (Å²) in [6.07, 6.45) is 10.1. The molecular formula is C26H37NO5. The monoisotopic (exact) mass is 443 g/mol. The first-order chi connectivity index (χ1) is 15.5. The molecule has 1 aromatic carbocycles. The molecule has 1 amide bonds. The van der Waals surface area contributed by atoms with Crippen molar-refractivity contribution in [1.29, 1.82) is 0 Å². The van der Waals surface area contributed by atoms with Crippen LogP contribution in [0, 0.1) is 0 Å². The van der Waals surface area contributed by atoms with Gasteiger partial charge in [0, 0.05) is 32.9 Å². The van der Waals surface area contributed by atoms with Gasteiger partial charge >= 0.3 is 5.97 Å². The van der Waals surface area contributed by atoms with Crippen LogP contribution in [0.3, 0.4) is 0 Å². The van der Waals surface area contributed by atoms with Crippen LogP contribution < -0.4 is 0 Å². The van der Waals surface area contributed by atoms with Gasteiger partial charge in [-0.3, -0.25) is 14.4 Å². The maximum Gasteiger partial charge on any atom is 0.305 e. The van der Waals surface area contributed by atoms with Crippen molar-refractivity contribution in [3.05, 3.63) is 47.5 Å². The van der Waals surface area contributed by atoms with Crippen LogP contribution >= 0.6 is 0 Å². The number of unbranched alkanes of at least 4 members (excludes halogenated alkanes) is 3. The number of ether oxygens (including phenoxy) is 2. The zero-order chi connectivity index (χ0) is 23.2. The number of nitrogens with zero attached hydrogens (tertiary/aromatic N) is 1. The molecule has 1 fully saturated rings. The number of likely N-dealkylation sites (tertiary alicyclic amines) is 1. The van der Waals surface area contributed by atoms with Crippen molar-refractivity contribution in [2.45, 2.75) is 70.8 Å². The number of methoxy groups -OCH3 is 1. The number of allylic oxidation sites excluding steroid dienone is 1. The lowest BCUT2D eigenvalue weighted by atomic mass is 10.0. The number of carbonyl (C=O) groups is 3. The van der Waals surface area contributed by atoms with Crippen LogP contribution in [0.25, 0.3) is 0 Å². The molecule has 0 aromatic heterocycles. The van der Waals surface area contributed by atoms with Crippen LogP contribution in [0.2, 0.25) is 0 Å². The fourth-order valence-electron chi connectivity index (χ4n) is 3.98. The Morgan fingerprint density at radius 3 is 2.72 bits per heavy atom. The number of hydrogen-bond donors (Lipinski definition) is 0. The summed E-state index contributed by atoms with van der Waals surface area (Å²) in [5, 5.41) is 0. The molecule has 0 N–H and O–H groups in total. The minimum atomic E-state index is -0.140. The first kappa shape index (κ1) is 25.8. The quantitative estimate of drug-likeness (QED) is 0.232. The molecule has 2 rings (SSSR count). The fourth-order valence-corrected chi connectivity index (χ4v) is 3.98. The highest BCUT2D eigenvalue weighted by Gasteiger charge is 2.28. The molecule has 6 heteroatoms. The number of rotatable bonds is 15. The Hall–Kier alpha value is -2.47. The van der Waals surface area contributed by atoms with E-state index < -0.39 is 0 Å². The van der Waals surface area contributed by atoms with E-state index in [1.54, 1.807) is 13.2 Å². The van der Waals surface area contributed by atoms with Gasteiger partial charge < -0.3 is 14.4 Å². The van der Waals surface area contributed by atoms with Gasteiger partial charge in [-0.1, -0.05) is 43.2 Å². The van der Waals surface area contributed by atoms with Gasteiger partial charge in [-0.2, -0.15) is 0 Å². The van der Waals surface area contributed by atoms with E-state index in [4.69, 9.17) is 9.47 Å². The van der Waals surface area contributed by atoms with Crippen LogP contribution in [-0.2, 0) is 36.7 Å². The lowest BCUT2D eigenvalue weighted by molar-refractivity contribution is -0.143. The molecule has 32 heavy (non-hydrogen) atoms. The second-order valence-electron chi connectivity index (χ2n) is 8.23. The summed E-state index contributed by atoms with van der Waals surface area (Å²) in [6.45, 7) is 3.59. The first-order valence-corrected chi connectivity index (χ1v) is 11.8. The third kappa shape index (κ3) is 9.35. The zero-order valence-electron chi connectivity index (χ0n) is 19.5. The van der Waals surface area contributed by atoms with Crippen molar-refractivity contribution >= 4 is 17.7 Å². The Kier molecular flexibility index (Phi) is 11.7. The number of ketones is 1. The lowest BCUT2D eigenvalue weighted by Crippen LogP contribution is -2.32. The van der Waals surface area contributed by atoms with Crippen molar-refractivity contribution in [3.63, 3.8) is 0 Å². The number of benzene rings is 1. The zero-order valence-corrected chi connectivity index (χ0v) is 19.5. The van der Waals surface area contributed by atoms with Crippen molar-refractivity contribution < 1.29 is 23.9 Å². The normalized spacial score (nSPS) is 16.1. The molecule has 1 unspecified atom stereocenters. The van der Waals surface area contributed by atoms with Crippen LogP contribution in [0.5, 0.6) is 0 Å². The summed E-state index contributed by atoms with van der Waals surface area (Å²) in [7, 11) is 1.68. The summed E-state index contributed by atoms with van der Waals surface area (Å²) < 4.78 is 10.0. The number of carbonyl (C=O) groups excluding carboxylic acids is 3. The molecule has 0 bridgehead atoms. The number of esters is 1. The summed E-state index contributed by atoms with van der Waals surface area (Å²) in [4.78, 5) is 38.0. The summed E-state index contributed by atoms with van der Waals surface area (Å²) >= 11 is 0. The highest BCUT2D eigenvalue weighted by atomic mass is 16.5. The Morgan fingerprint density at radius 1 is 1.16 bits per heavy atom. The minimum Gasteiger partial charge on any atom is -0.466 e. The molecule has 0 spiro atoms. The minimum absolute atomic E-state index is 0.000908. The van der Waals surface area contributed by atoms with Crippen molar-refractivity contribution in [1.82, 2.24) is 4.90 Å². The molecule has 0 radical (unpaired) electrons. The van der Waals surface area contributed by atoms with Crippen LogP contribution in [0.15, 0.2) is 36.4 Å². The van der Waals surface area contributed by atoms with Gasteiger partial charge in [0.1, 0.15) is 0 Å². The predicted octanol–water partition coefficient (Wildman–Crippen LogP) is 4.05. The lowest BCUT2D eigenvalue weighted by Gasteiger charge is -2.22. The summed E-state index contributed by atoms with van der Waals surface area (Å²) in [5.41, 5.74) is 2.16. The Bertz CT molecular complexity index is 773. The molecular weight excluding hydrogens is 406 g/mol. The molecule has 1 saturated heterocycles. The van der Waals surface area contributed by atoms with Gasteiger partial charge in [-0.25, -0.2) is 0 Å². The van der Waals surface area contributed by atoms with E-state index in [9.17, 15) is 14.4 Å². The largest absolute Gasteiger partial charge is 0.466 e. The van der Waals surface area contributed by atoms with Gasteiger partial charge in [0.2, 0.25) is 5.91 Å². The van der Waals surface area contributed by atoms with E-state index >= 15 is 0 Å². The number of amides is 1. The highest BCUT2D eigenvalue weighted by molar-refractivity contribution is 5.91. The molecule has 1 atom stereocenters. The Balaban J connectivity index is 1.75. The van der Waals surface area contributed by atoms with E-state index in [1.165, 1.54) is 0 Å². The topological polar surface area (TPSA) is 72.9 Å². The molecule has 1 heterocycles. The average molecular weight is 444 g/mol. The van der Waals surface area contributed by atoms with E-state index in [2.05, 4.69) is 6.07 Å². The van der Waals surface area contributed by atoms with Crippen molar-refractivity contribution in [3.8, 4) is 0 Å². The van der Waals surface area contributed by atoms with Gasteiger partial charge in [-0.15, -0.1) is 0 Å². The van der Waals surface area contributed by atoms with Crippen LogP contribution in [0.4, 0.5) is 0 Å². The molecule has 1 aliphatic rings. The molecule has 176 valence electrons. The van der Waals surface area contributed by atoms with E-state index in [0.29, 0.717) is 39.0 Å². The Labute approximate surface area is 192 Å². The SMILES string of the molecule is CCOC(=O)CCCCCCN1C(=O)CCC1/C=C/C(=O)Cc1cccc(CCOC)c1. The summed E-state index contributed by atoms with van der Waals surface area (Å²) in [5.74, 6) is 0.0652.